The van der Waals surface area contributed by atoms with Crippen molar-refractivity contribution in [2.45, 2.75) is 6.18 Å². The van der Waals surface area contributed by atoms with E-state index >= 15 is 0 Å². The molecule has 1 heterocycles. The number of benzene rings is 1. The van der Waals surface area contributed by atoms with E-state index < -0.39 is 23.4 Å². The van der Waals surface area contributed by atoms with Crippen molar-refractivity contribution in [3.05, 3.63) is 41.8 Å². The van der Waals surface area contributed by atoms with Crippen molar-refractivity contribution in [3.63, 3.8) is 0 Å². The van der Waals surface area contributed by atoms with Crippen LogP contribution in [0.3, 0.4) is 0 Å². The van der Waals surface area contributed by atoms with Gasteiger partial charge in [-0.15, -0.1) is 0 Å². The number of ether oxygens (including phenoxy) is 1. The summed E-state index contributed by atoms with van der Waals surface area (Å²) in [6, 6.07) is 3.98. The highest BCUT2D eigenvalue weighted by atomic mass is 19.4. The molecule has 0 amide bonds. The molecule has 2 rings (SSSR count). The second kappa shape index (κ2) is 5.29. The lowest BCUT2D eigenvalue weighted by atomic mass is 10.2. The van der Waals surface area contributed by atoms with Crippen molar-refractivity contribution in [1.82, 2.24) is 9.97 Å². The van der Waals surface area contributed by atoms with Crippen LogP contribution in [0, 0.1) is 5.82 Å². The maximum absolute atomic E-state index is 13.4. The largest absolute Gasteiger partial charge is 0.436 e. The zero-order valence-electron chi connectivity index (χ0n) is 9.78. The number of halogens is 4. The van der Waals surface area contributed by atoms with Crippen molar-refractivity contribution in [2.75, 3.05) is 5.43 Å². The lowest BCUT2D eigenvalue weighted by Crippen LogP contribution is -2.11. The molecular weight excluding hydrogens is 280 g/mol. The van der Waals surface area contributed by atoms with Gasteiger partial charge >= 0.3 is 6.18 Å². The highest BCUT2D eigenvalue weighted by Crippen LogP contribution is 2.32. The minimum Gasteiger partial charge on any atom is -0.436 e. The monoisotopic (exact) mass is 288 g/mol. The van der Waals surface area contributed by atoms with Crippen molar-refractivity contribution in [3.8, 4) is 11.6 Å². The molecule has 9 heteroatoms. The first-order chi connectivity index (χ1) is 9.40. The predicted molar refractivity (Wildman–Crippen MR) is 61.3 cm³/mol. The topological polar surface area (TPSA) is 73.1 Å². The second-order valence-electron chi connectivity index (χ2n) is 3.62. The molecule has 0 fully saturated rings. The Labute approximate surface area is 110 Å². The van der Waals surface area contributed by atoms with Gasteiger partial charge in [-0.1, -0.05) is 6.07 Å². The zero-order chi connectivity index (χ0) is 14.8. The predicted octanol–water partition coefficient (Wildman–Crippen LogP) is 2.71. The molecule has 0 unspecified atom stereocenters. The molecule has 0 saturated heterocycles. The Morgan fingerprint density at radius 2 is 2.00 bits per heavy atom. The number of hydrazine groups is 1. The van der Waals surface area contributed by atoms with Gasteiger partial charge in [0.2, 0.25) is 11.8 Å². The molecule has 0 aliphatic rings. The smallest absolute Gasteiger partial charge is 0.416 e. The van der Waals surface area contributed by atoms with Crippen LogP contribution < -0.4 is 16.0 Å². The van der Waals surface area contributed by atoms with Crippen LogP contribution in [-0.2, 0) is 6.18 Å². The van der Waals surface area contributed by atoms with Crippen LogP contribution in [0.25, 0.3) is 0 Å². The molecule has 0 saturated carbocycles. The van der Waals surface area contributed by atoms with Crippen molar-refractivity contribution >= 4 is 5.95 Å². The molecule has 3 N–H and O–H groups in total. The average Bonchev–Trinajstić information content (AvgIpc) is 2.41. The fourth-order valence-electron chi connectivity index (χ4n) is 1.34. The normalized spacial score (nSPS) is 11.2. The first-order valence-corrected chi connectivity index (χ1v) is 5.24. The summed E-state index contributed by atoms with van der Waals surface area (Å²) in [6.45, 7) is 0. The molecule has 20 heavy (non-hydrogen) atoms. The van der Waals surface area contributed by atoms with E-state index in [0.717, 1.165) is 24.4 Å². The number of nitrogens with two attached hydrogens (primary N) is 1. The van der Waals surface area contributed by atoms with Crippen LogP contribution in [0.15, 0.2) is 30.5 Å². The molecule has 106 valence electrons. The summed E-state index contributed by atoms with van der Waals surface area (Å²) in [5.41, 5.74) is 1.15. The van der Waals surface area contributed by atoms with Crippen LogP contribution in [-0.4, -0.2) is 9.97 Å². The SMILES string of the molecule is NNc1ncc(F)c(Oc2cccc(C(F)(F)F)c2)n1. The van der Waals surface area contributed by atoms with Crippen molar-refractivity contribution in [2.24, 2.45) is 5.84 Å². The molecule has 5 nitrogen and oxygen atoms in total. The highest BCUT2D eigenvalue weighted by molar-refractivity contribution is 5.34. The first kappa shape index (κ1) is 14.0. The number of hydrogen-bond acceptors (Lipinski definition) is 5. The fourth-order valence-corrected chi connectivity index (χ4v) is 1.34. The number of nitrogen functional groups attached to an aromatic ring is 1. The van der Waals surface area contributed by atoms with Crippen LogP contribution in [0.2, 0.25) is 0 Å². The van der Waals surface area contributed by atoms with E-state index in [9.17, 15) is 17.6 Å². The van der Waals surface area contributed by atoms with Gasteiger partial charge in [0.15, 0.2) is 0 Å². The van der Waals surface area contributed by atoms with Crippen molar-refractivity contribution in [1.29, 1.82) is 0 Å². The molecule has 0 bridgehead atoms. The number of nitrogens with one attached hydrogen (secondary N) is 1. The molecule has 0 atom stereocenters. The van der Waals surface area contributed by atoms with Crippen LogP contribution in [0.5, 0.6) is 11.6 Å². The fraction of sp³-hybridized carbons (Fsp3) is 0.0909. The van der Waals surface area contributed by atoms with Crippen LogP contribution in [0.4, 0.5) is 23.5 Å². The van der Waals surface area contributed by atoms with E-state index in [4.69, 9.17) is 10.6 Å². The second-order valence-corrected chi connectivity index (χ2v) is 3.62. The highest BCUT2D eigenvalue weighted by Gasteiger charge is 2.30. The number of hydrogen-bond donors (Lipinski definition) is 2. The molecule has 0 radical (unpaired) electrons. The minimum atomic E-state index is -4.52. The lowest BCUT2D eigenvalue weighted by Gasteiger charge is -2.10. The van der Waals surface area contributed by atoms with Crippen molar-refractivity contribution < 1.29 is 22.3 Å². The van der Waals surface area contributed by atoms with Crippen LogP contribution >= 0.6 is 0 Å². The number of aromatic nitrogens is 2. The maximum atomic E-state index is 13.4. The average molecular weight is 288 g/mol. The molecule has 0 aliphatic carbocycles. The van der Waals surface area contributed by atoms with Gasteiger partial charge < -0.3 is 4.74 Å². The maximum Gasteiger partial charge on any atom is 0.416 e. The Morgan fingerprint density at radius 1 is 1.25 bits per heavy atom. The van der Waals surface area contributed by atoms with Gasteiger partial charge in [0.05, 0.1) is 11.8 Å². The zero-order valence-corrected chi connectivity index (χ0v) is 9.78. The Morgan fingerprint density at radius 3 is 2.65 bits per heavy atom. The third kappa shape index (κ3) is 3.12. The Balaban J connectivity index is 2.30. The van der Waals surface area contributed by atoms with Gasteiger partial charge in [0, 0.05) is 0 Å². The Hall–Kier alpha value is -2.42. The first-order valence-electron chi connectivity index (χ1n) is 5.24. The van der Waals surface area contributed by atoms with E-state index in [1.165, 1.54) is 6.07 Å². The minimum absolute atomic E-state index is 0.131. The van der Waals surface area contributed by atoms with Gasteiger partial charge in [0.25, 0.3) is 5.88 Å². The number of rotatable bonds is 3. The third-order valence-electron chi connectivity index (χ3n) is 2.22. The summed E-state index contributed by atoms with van der Waals surface area (Å²) in [6.07, 6.45) is -3.74. The summed E-state index contributed by atoms with van der Waals surface area (Å²) in [7, 11) is 0. The Kier molecular flexibility index (Phi) is 3.70. The number of nitrogens with zero attached hydrogens (tertiary/aromatic N) is 2. The molecule has 1 aromatic heterocycles. The standard InChI is InChI=1S/C11H8F4N4O/c12-8-5-17-10(19-16)18-9(8)20-7-3-1-2-6(4-7)11(13,14)15/h1-5H,16H2,(H,17,18,19). The quantitative estimate of drug-likeness (QED) is 0.516. The molecule has 2 aromatic rings. The van der Waals surface area contributed by atoms with Gasteiger partial charge in [-0.25, -0.2) is 10.8 Å². The summed E-state index contributed by atoms with van der Waals surface area (Å²) in [5.74, 6) is 3.24. The van der Waals surface area contributed by atoms with Gasteiger partial charge in [-0.3, -0.25) is 5.43 Å². The summed E-state index contributed by atoms with van der Waals surface area (Å²) in [4.78, 5) is 7.03. The van der Waals surface area contributed by atoms with E-state index in [-0.39, 0.29) is 11.7 Å². The molecule has 1 aromatic carbocycles. The molecular formula is C11H8F4N4O. The Bertz CT molecular complexity index is 618. The molecule has 0 spiro atoms. The summed E-state index contributed by atoms with van der Waals surface area (Å²) >= 11 is 0. The third-order valence-corrected chi connectivity index (χ3v) is 2.22. The van der Waals surface area contributed by atoms with E-state index in [0.29, 0.717) is 0 Å². The van der Waals surface area contributed by atoms with E-state index in [1.54, 1.807) is 0 Å². The van der Waals surface area contributed by atoms with Crippen LogP contribution in [0.1, 0.15) is 5.56 Å². The number of alkyl halides is 3. The summed E-state index contributed by atoms with van der Waals surface area (Å²) < 4.78 is 55.9. The van der Waals surface area contributed by atoms with Gasteiger partial charge in [-0.2, -0.15) is 22.5 Å². The summed E-state index contributed by atoms with van der Waals surface area (Å²) in [5, 5.41) is 0. The van der Waals surface area contributed by atoms with Gasteiger partial charge in [0.1, 0.15) is 5.75 Å². The van der Waals surface area contributed by atoms with E-state index in [1.807, 2.05) is 0 Å². The molecule has 0 aliphatic heterocycles. The lowest BCUT2D eigenvalue weighted by molar-refractivity contribution is -0.137. The van der Waals surface area contributed by atoms with E-state index in [2.05, 4.69) is 15.4 Å². The van der Waals surface area contributed by atoms with Gasteiger partial charge in [-0.05, 0) is 18.2 Å². The number of anilines is 1.